The molecular weight excluding hydrogens is 392 g/mol. The number of hydrogen-bond acceptors (Lipinski definition) is 6. The second-order valence-electron chi connectivity index (χ2n) is 7.61. The fourth-order valence-electron chi connectivity index (χ4n) is 3.74. The topological polar surface area (TPSA) is 82.5 Å². The predicted octanol–water partition coefficient (Wildman–Crippen LogP) is 2.63. The molecule has 0 saturated carbocycles. The summed E-state index contributed by atoms with van der Waals surface area (Å²) in [6.45, 7) is 1.87. The van der Waals surface area contributed by atoms with Crippen LogP contribution in [0.2, 0.25) is 0 Å². The lowest BCUT2D eigenvalue weighted by Gasteiger charge is -2.25. The number of likely N-dealkylation sites (N-methyl/N-ethyl adjacent to an activating group) is 2. The number of amides is 2. The van der Waals surface area contributed by atoms with E-state index in [1.807, 2.05) is 11.9 Å². The van der Waals surface area contributed by atoms with Crippen LogP contribution in [0.4, 0.5) is 11.4 Å². The van der Waals surface area contributed by atoms with E-state index in [0.29, 0.717) is 16.9 Å². The molecule has 1 atom stereocenters. The maximum Gasteiger partial charge on any atom is 0.283 e. The highest BCUT2D eigenvalue weighted by Crippen LogP contribution is 2.27. The molecule has 4 rings (SSSR count). The van der Waals surface area contributed by atoms with E-state index < -0.39 is 0 Å². The van der Waals surface area contributed by atoms with Crippen molar-refractivity contribution in [2.24, 2.45) is 0 Å². The monoisotopic (exact) mass is 416 g/mol. The van der Waals surface area contributed by atoms with Crippen LogP contribution in [-0.4, -0.2) is 69.8 Å². The number of benzene rings is 1. The number of carbonyl (C=O) groups is 2. The van der Waals surface area contributed by atoms with Gasteiger partial charge in [-0.25, -0.2) is 4.98 Å². The third-order valence-corrected chi connectivity index (χ3v) is 5.50. The number of nitrogens with zero attached hydrogens (tertiary/aromatic N) is 6. The number of carbonyl (C=O) groups excluding carboxylic acids is 2. The summed E-state index contributed by atoms with van der Waals surface area (Å²) in [5.74, 6) is -0.355. The largest absolute Gasteiger partial charge is 0.337 e. The van der Waals surface area contributed by atoms with Gasteiger partial charge in [0.1, 0.15) is 5.69 Å². The Hall–Kier alpha value is -3.65. The van der Waals surface area contributed by atoms with Gasteiger partial charge >= 0.3 is 0 Å². The van der Waals surface area contributed by atoms with Crippen molar-refractivity contribution in [3.05, 3.63) is 78.6 Å². The lowest BCUT2D eigenvalue weighted by atomic mass is 10.1. The van der Waals surface area contributed by atoms with Crippen LogP contribution in [0, 0.1) is 0 Å². The van der Waals surface area contributed by atoms with Gasteiger partial charge in [0.25, 0.3) is 11.8 Å². The molecule has 1 fully saturated rings. The summed E-state index contributed by atoms with van der Waals surface area (Å²) in [7, 11) is 3.91. The highest BCUT2D eigenvalue weighted by molar-refractivity contribution is 6.09. The summed E-state index contributed by atoms with van der Waals surface area (Å²) in [5, 5.41) is 0. The zero-order valence-corrected chi connectivity index (χ0v) is 17.5. The highest BCUT2D eigenvalue weighted by atomic mass is 16.2. The number of likely N-dealkylation sites (tertiary alicyclic amines) is 1. The van der Waals surface area contributed by atoms with Gasteiger partial charge in [-0.05, 0) is 56.4 Å². The lowest BCUT2D eigenvalue weighted by Crippen LogP contribution is -2.38. The number of hydrogen-bond donors (Lipinski definition) is 0. The molecule has 8 nitrogen and oxygen atoms in total. The number of anilines is 2. The first-order chi connectivity index (χ1) is 15.0. The maximum absolute atomic E-state index is 13.2. The fourth-order valence-corrected chi connectivity index (χ4v) is 3.74. The molecule has 1 aliphatic heterocycles. The summed E-state index contributed by atoms with van der Waals surface area (Å²) in [5.41, 5.74) is 2.02. The summed E-state index contributed by atoms with van der Waals surface area (Å²) in [4.78, 5) is 43.9. The quantitative estimate of drug-likeness (QED) is 0.636. The van der Waals surface area contributed by atoms with Gasteiger partial charge in [0.15, 0.2) is 0 Å². The molecule has 1 aromatic carbocycles. The van der Waals surface area contributed by atoms with Crippen molar-refractivity contribution in [3.8, 4) is 0 Å². The van der Waals surface area contributed by atoms with Gasteiger partial charge in [-0.3, -0.25) is 24.5 Å². The van der Waals surface area contributed by atoms with Crippen LogP contribution < -0.4 is 4.90 Å². The second kappa shape index (κ2) is 9.01. The smallest absolute Gasteiger partial charge is 0.283 e. The summed E-state index contributed by atoms with van der Waals surface area (Å²) >= 11 is 0. The average molecular weight is 416 g/mol. The molecule has 0 spiro atoms. The Morgan fingerprint density at radius 1 is 0.968 bits per heavy atom. The maximum atomic E-state index is 13.2. The Bertz CT molecular complexity index is 1040. The molecule has 3 heterocycles. The Balaban J connectivity index is 1.61. The molecule has 1 saturated heterocycles. The molecular formula is C23H24N6O2. The Labute approximate surface area is 181 Å². The number of pyridine rings is 1. The average Bonchev–Trinajstić information content (AvgIpc) is 3.26. The third-order valence-electron chi connectivity index (χ3n) is 5.50. The summed E-state index contributed by atoms with van der Waals surface area (Å²) in [6.07, 6.45) is 8.65. The fraction of sp³-hybridized carbons (Fsp3) is 0.261. The zero-order chi connectivity index (χ0) is 21.8. The third kappa shape index (κ3) is 4.44. The minimum absolute atomic E-state index is 0.0277. The van der Waals surface area contributed by atoms with Crippen molar-refractivity contribution in [1.82, 2.24) is 24.8 Å². The van der Waals surface area contributed by atoms with Crippen LogP contribution >= 0.6 is 0 Å². The van der Waals surface area contributed by atoms with Crippen LogP contribution in [0.3, 0.4) is 0 Å². The molecule has 0 bridgehead atoms. The van der Waals surface area contributed by atoms with Gasteiger partial charge in [-0.15, -0.1) is 0 Å². The molecule has 0 N–H and O–H groups in total. The van der Waals surface area contributed by atoms with Crippen molar-refractivity contribution in [3.63, 3.8) is 0 Å². The van der Waals surface area contributed by atoms with E-state index in [-0.39, 0.29) is 23.6 Å². The molecule has 0 aliphatic carbocycles. The molecule has 1 aliphatic rings. The molecule has 158 valence electrons. The number of aromatic nitrogens is 3. The Morgan fingerprint density at radius 2 is 1.74 bits per heavy atom. The van der Waals surface area contributed by atoms with Crippen molar-refractivity contribution < 1.29 is 9.59 Å². The van der Waals surface area contributed by atoms with Crippen molar-refractivity contribution in [1.29, 1.82) is 0 Å². The van der Waals surface area contributed by atoms with Gasteiger partial charge in [0.2, 0.25) is 0 Å². The Morgan fingerprint density at radius 3 is 2.35 bits per heavy atom. The van der Waals surface area contributed by atoms with Gasteiger partial charge in [-0.1, -0.05) is 0 Å². The standard InChI is InChI=1S/C23H24N6O2/c1-27-13-9-20(16-27)28(2)22(30)17-5-7-18(8-6-17)29(19-4-3-10-24-14-19)23(31)21-15-25-11-12-26-21/h3-8,10-12,14-15,20H,9,13,16H2,1-2H3. The summed E-state index contributed by atoms with van der Waals surface area (Å²) in [6, 6.07) is 10.8. The first kappa shape index (κ1) is 20.6. The molecule has 3 aromatic rings. The molecule has 31 heavy (non-hydrogen) atoms. The number of rotatable bonds is 5. The zero-order valence-electron chi connectivity index (χ0n) is 17.5. The van der Waals surface area contributed by atoms with Gasteiger partial charge in [0, 0.05) is 49.5 Å². The molecule has 2 amide bonds. The van der Waals surface area contributed by atoms with Crippen LogP contribution in [0.5, 0.6) is 0 Å². The lowest BCUT2D eigenvalue weighted by molar-refractivity contribution is 0.0737. The van der Waals surface area contributed by atoms with E-state index in [4.69, 9.17) is 0 Å². The molecule has 0 radical (unpaired) electrons. The molecule has 2 aromatic heterocycles. The van der Waals surface area contributed by atoms with Crippen LogP contribution in [-0.2, 0) is 0 Å². The van der Waals surface area contributed by atoms with E-state index in [0.717, 1.165) is 19.5 Å². The van der Waals surface area contributed by atoms with E-state index in [1.165, 1.54) is 23.5 Å². The van der Waals surface area contributed by atoms with Gasteiger partial charge < -0.3 is 9.80 Å². The van der Waals surface area contributed by atoms with Crippen LogP contribution in [0.1, 0.15) is 27.3 Å². The van der Waals surface area contributed by atoms with E-state index in [1.54, 1.807) is 48.8 Å². The van der Waals surface area contributed by atoms with Crippen molar-refractivity contribution in [2.45, 2.75) is 12.5 Å². The predicted molar refractivity (Wildman–Crippen MR) is 117 cm³/mol. The van der Waals surface area contributed by atoms with Crippen LogP contribution in [0.15, 0.2) is 67.4 Å². The van der Waals surface area contributed by atoms with Crippen molar-refractivity contribution in [2.75, 3.05) is 32.1 Å². The highest BCUT2D eigenvalue weighted by Gasteiger charge is 2.27. The van der Waals surface area contributed by atoms with Gasteiger partial charge in [-0.2, -0.15) is 0 Å². The summed E-state index contributed by atoms with van der Waals surface area (Å²) < 4.78 is 0. The minimum Gasteiger partial charge on any atom is -0.337 e. The minimum atomic E-state index is -0.328. The van der Waals surface area contributed by atoms with Crippen molar-refractivity contribution >= 4 is 23.2 Å². The first-order valence-electron chi connectivity index (χ1n) is 10.1. The van der Waals surface area contributed by atoms with E-state index in [2.05, 4.69) is 26.9 Å². The van der Waals surface area contributed by atoms with E-state index in [9.17, 15) is 9.59 Å². The molecule has 1 unspecified atom stereocenters. The first-order valence-corrected chi connectivity index (χ1v) is 10.1. The van der Waals surface area contributed by atoms with Gasteiger partial charge in [0.05, 0.1) is 18.1 Å². The van der Waals surface area contributed by atoms with Crippen LogP contribution in [0.25, 0.3) is 0 Å². The second-order valence-corrected chi connectivity index (χ2v) is 7.61. The Kier molecular flexibility index (Phi) is 5.99. The van der Waals surface area contributed by atoms with E-state index >= 15 is 0 Å². The normalized spacial score (nSPS) is 16.1. The molecule has 8 heteroatoms. The SMILES string of the molecule is CN1CCC(N(C)C(=O)c2ccc(N(C(=O)c3cnccn3)c3cccnc3)cc2)C1.